The Balaban J connectivity index is 1.58. The maximum Gasteiger partial charge on any atom is 0.101 e. The molecule has 0 bridgehead atoms. The summed E-state index contributed by atoms with van der Waals surface area (Å²) in [5.41, 5.74) is 1.43. The monoisotopic (exact) mass is 539 g/mol. The van der Waals surface area contributed by atoms with Gasteiger partial charge >= 0.3 is 0 Å². The lowest BCUT2D eigenvalue weighted by atomic mass is 10.0. The first kappa shape index (κ1) is 33.8. The molecule has 1 unspecified atom stereocenters. The Kier molecular flexibility index (Phi) is 21.1. The Bertz CT molecular complexity index is 669. The molecule has 0 amide bonds. The van der Waals surface area contributed by atoms with Gasteiger partial charge in [0.25, 0.3) is 0 Å². The summed E-state index contributed by atoms with van der Waals surface area (Å²) < 4.78 is 0. The second kappa shape index (κ2) is 24.4. The van der Waals surface area contributed by atoms with E-state index in [2.05, 4.69) is 66.4 Å². The molecule has 1 aromatic carbocycles. The molecule has 39 heavy (non-hydrogen) atoms. The fourth-order valence-electron chi connectivity index (χ4n) is 6.19. The third-order valence-electron chi connectivity index (χ3n) is 8.76. The summed E-state index contributed by atoms with van der Waals surface area (Å²) in [6, 6.07) is 11.0. The van der Waals surface area contributed by atoms with Crippen LogP contribution in [-0.2, 0) is 6.54 Å². The molecule has 224 valence electrons. The van der Waals surface area contributed by atoms with E-state index in [1.807, 2.05) is 0 Å². The highest BCUT2D eigenvalue weighted by Crippen LogP contribution is 2.25. The summed E-state index contributed by atoms with van der Waals surface area (Å²) in [5.74, 6) is 0. The first-order valence-electron chi connectivity index (χ1n) is 17.6. The van der Waals surface area contributed by atoms with Gasteiger partial charge in [-0.2, -0.15) is 0 Å². The van der Waals surface area contributed by atoms with Gasteiger partial charge in [0, 0.05) is 25.5 Å². The average Bonchev–Trinajstić information content (AvgIpc) is 3.33. The number of nitrogens with zero attached hydrogens (tertiary/aromatic N) is 2. The van der Waals surface area contributed by atoms with Gasteiger partial charge in [-0.1, -0.05) is 179 Å². The largest absolute Gasteiger partial charge is 0.356 e. The predicted molar refractivity (Wildman–Crippen MR) is 174 cm³/mol. The van der Waals surface area contributed by atoms with E-state index in [-0.39, 0.29) is 0 Å². The molecular formula is C37H66N2. The molecule has 2 nitrogen and oxygen atoms in total. The highest BCUT2D eigenvalue weighted by molar-refractivity contribution is 5.16. The summed E-state index contributed by atoms with van der Waals surface area (Å²) in [5, 5.41) is 0. The van der Waals surface area contributed by atoms with Crippen molar-refractivity contribution in [3.8, 4) is 0 Å². The van der Waals surface area contributed by atoms with E-state index in [1.165, 1.54) is 166 Å². The van der Waals surface area contributed by atoms with Crippen LogP contribution in [-0.4, -0.2) is 22.5 Å². The molecule has 1 aromatic rings. The average molecular weight is 539 g/mol. The van der Waals surface area contributed by atoms with E-state index in [0.29, 0.717) is 6.17 Å². The van der Waals surface area contributed by atoms with Crippen LogP contribution in [0.1, 0.15) is 174 Å². The molecule has 1 atom stereocenters. The molecule has 0 fully saturated rings. The van der Waals surface area contributed by atoms with Crippen molar-refractivity contribution in [1.29, 1.82) is 0 Å². The van der Waals surface area contributed by atoms with Crippen molar-refractivity contribution in [3.05, 3.63) is 48.3 Å². The molecular weight excluding hydrogens is 472 g/mol. The third kappa shape index (κ3) is 17.1. The number of hydrogen-bond acceptors (Lipinski definition) is 2. The molecule has 2 rings (SSSR count). The van der Waals surface area contributed by atoms with Crippen molar-refractivity contribution in [2.45, 2.75) is 181 Å². The molecule has 1 aliphatic heterocycles. The maximum absolute atomic E-state index is 2.66. The fraction of sp³-hybridized carbons (Fsp3) is 0.784. The zero-order valence-corrected chi connectivity index (χ0v) is 26.4. The Morgan fingerprint density at radius 1 is 0.462 bits per heavy atom. The van der Waals surface area contributed by atoms with E-state index in [4.69, 9.17) is 0 Å². The van der Waals surface area contributed by atoms with Crippen molar-refractivity contribution in [2.24, 2.45) is 0 Å². The van der Waals surface area contributed by atoms with Crippen LogP contribution in [0.25, 0.3) is 0 Å². The summed E-state index contributed by atoms with van der Waals surface area (Å²) in [4.78, 5) is 5.26. The second-order valence-electron chi connectivity index (χ2n) is 12.4. The van der Waals surface area contributed by atoms with Crippen molar-refractivity contribution >= 4 is 0 Å². The van der Waals surface area contributed by atoms with E-state index < -0.39 is 0 Å². The number of benzene rings is 1. The first-order valence-corrected chi connectivity index (χ1v) is 17.6. The van der Waals surface area contributed by atoms with Crippen LogP contribution < -0.4 is 0 Å². The normalized spacial score (nSPS) is 15.1. The molecule has 0 saturated heterocycles. The Morgan fingerprint density at radius 3 is 1.36 bits per heavy atom. The maximum atomic E-state index is 2.66. The molecule has 0 spiro atoms. The Morgan fingerprint density at radius 2 is 0.872 bits per heavy atom. The summed E-state index contributed by atoms with van der Waals surface area (Å²) in [7, 11) is 0. The molecule has 1 heterocycles. The fourth-order valence-corrected chi connectivity index (χ4v) is 6.19. The van der Waals surface area contributed by atoms with E-state index >= 15 is 0 Å². The number of hydrogen-bond donors (Lipinski definition) is 0. The third-order valence-corrected chi connectivity index (χ3v) is 8.76. The minimum atomic E-state index is 0.552. The number of unbranched alkanes of at least 4 members (excludes halogenated alkanes) is 21. The van der Waals surface area contributed by atoms with Crippen LogP contribution in [0.15, 0.2) is 42.7 Å². The lowest BCUT2D eigenvalue weighted by Crippen LogP contribution is -2.38. The van der Waals surface area contributed by atoms with Crippen LogP contribution in [0, 0.1) is 0 Å². The molecule has 2 heteroatoms. The molecule has 0 aromatic heterocycles. The zero-order chi connectivity index (χ0) is 27.6. The molecule has 1 aliphatic rings. The molecule has 0 radical (unpaired) electrons. The summed E-state index contributed by atoms with van der Waals surface area (Å²) in [6.45, 7) is 6.87. The second-order valence-corrected chi connectivity index (χ2v) is 12.4. The minimum Gasteiger partial charge on any atom is -0.356 e. The SMILES string of the molecule is CCCCCCCCCCCCCCCCC1N(CCCCCCCCCCC)C=CN1Cc1ccccc1. The van der Waals surface area contributed by atoms with Crippen molar-refractivity contribution in [2.75, 3.05) is 6.54 Å². The van der Waals surface area contributed by atoms with Crippen LogP contribution in [0.5, 0.6) is 0 Å². The van der Waals surface area contributed by atoms with Gasteiger partial charge in [-0.05, 0) is 24.8 Å². The predicted octanol–water partition coefficient (Wildman–Crippen LogP) is 12.0. The quantitative estimate of drug-likeness (QED) is 0.103. The lowest BCUT2D eigenvalue weighted by Gasteiger charge is -2.33. The van der Waals surface area contributed by atoms with E-state index in [9.17, 15) is 0 Å². The van der Waals surface area contributed by atoms with Gasteiger partial charge < -0.3 is 9.80 Å². The van der Waals surface area contributed by atoms with Crippen molar-refractivity contribution < 1.29 is 0 Å². The van der Waals surface area contributed by atoms with Crippen LogP contribution in [0.3, 0.4) is 0 Å². The Hall–Kier alpha value is -1.44. The zero-order valence-electron chi connectivity index (χ0n) is 26.4. The van der Waals surface area contributed by atoms with E-state index in [1.54, 1.807) is 0 Å². The highest BCUT2D eigenvalue weighted by Gasteiger charge is 2.25. The smallest absolute Gasteiger partial charge is 0.101 e. The van der Waals surface area contributed by atoms with Crippen molar-refractivity contribution in [1.82, 2.24) is 9.80 Å². The highest BCUT2D eigenvalue weighted by atomic mass is 15.4. The van der Waals surface area contributed by atoms with E-state index in [0.717, 1.165) is 6.54 Å². The van der Waals surface area contributed by atoms with Crippen LogP contribution in [0.4, 0.5) is 0 Å². The van der Waals surface area contributed by atoms with Gasteiger partial charge in [-0.15, -0.1) is 0 Å². The summed E-state index contributed by atoms with van der Waals surface area (Å²) >= 11 is 0. The molecule has 0 saturated carbocycles. The van der Waals surface area contributed by atoms with Gasteiger partial charge in [-0.25, -0.2) is 0 Å². The van der Waals surface area contributed by atoms with Gasteiger partial charge in [0.15, 0.2) is 0 Å². The standard InChI is InChI=1S/C37H66N2/c1-3-5-7-9-11-13-14-15-16-17-18-20-22-27-31-37-38(32-28-23-21-19-12-10-8-6-4-2)33-34-39(37)35-36-29-25-24-26-30-36/h24-26,29-30,33-34,37H,3-23,27-28,31-32,35H2,1-2H3. The molecule has 0 aliphatic carbocycles. The van der Waals surface area contributed by atoms with Gasteiger partial charge in [0.05, 0.1) is 0 Å². The lowest BCUT2D eigenvalue weighted by molar-refractivity contribution is 0.132. The van der Waals surface area contributed by atoms with Gasteiger partial charge in [0.2, 0.25) is 0 Å². The van der Waals surface area contributed by atoms with Crippen LogP contribution >= 0.6 is 0 Å². The molecule has 0 N–H and O–H groups in total. The summed E-state index contributed by atoms with van der Waals surface area (Å²) in [6.07, 6.45) is 39.4. The first-order chi connectivity index (χ1) is 19.3. The number of rotatable bonds is 27. The van der Waals surface area contributed by atoms with Crippen molar-refractivity contribution in [3.63, 3.8) is 0 Å². The minimum absolute atomic E-state index is 0.552. The Labute approximate surface area is 245 Å². The topological polar surface area (TPSA) is 6.48 Å². The van der Waals surface area contributed by atoms with Gasteiger partial charge in [0.1, 0.15) is 6.17 Å². The van der Waals surface area contributed by atoms with Crippen LogP contribution in [0.2, 0.25) is 0 Å². The van der Waals surface area contributed by atoms with Gasteiger partial charge in [-0.3, -0.25) is 0 Å².